The van der Waals surface area contributed by atoms with Gasteiger partial charge < -0.3 is 5.32 Å². The predicted molar refractivity (Wildman–Crippen MR) is 132 cm³/mol. The molecule has 0 spiro atoms. The van der Waals surface area contributed by atoms with Gasteiger partial charge in [0.05, 0.1) is 4.90 Å². The summed E-state index contributed by atoms with van der Waals surface area (Å²) in [6, 6.07) is 20.2. The highest BCUT2D eigenvalue weighted by Gasteiger charge is 2.36. The standard InChI is InChI=1S/C27H32N2O3S/c1-27(2,3)23-14-11-20(12-15-23)19-29(25-10-6-7-17-28-26(25)30)33(31,32)24-16-13-21-8-4-5-9-22(21)18-24/h4-5,8-9,11-16,18,25H,6-7,10,17,19H2,1-3H3,(H,28,30). The van der Waals surface area contributed by atoms with Crippen molar-refractivity contribution >= 4 is 26.7 Å². The highest BCUT2D eigenvalue weighted by atomic mass is 32.2. The molecule has 1 heterocycles. The Kier molecular flexibility index (Phi) is 6.59. The van der Waals surface area contributed by atoms with E-state index in [0.29, 0.717) is 13.0 Å². The first-order valence-corrected chi connectivity index (χ1v) is 13.0. The summed E-state index contributed by atoms with van der Waals surface area (Å²) in [5.74, 6) is -0.219. The number of hydrogen-bond acceptors (Lipinski definition) is 3. The Morgan fingerprint density at radius 1 is 0.939 bits per heavy atom. The van der Waals surface area contributed by atoms with Crippen molar-refractivity contribution in [1.82, 2.24) is 9.62 Å². The zero-order valence-corrected chi connectivity index (χ0v) is 20.4. The minimum Gasteiger partial charge on any atom is -0.355 e. The van der Waals surface area contributed by atoms with Crippen LogP contribution in [0.15, 0.2) is 71.6 Å². The Labute approximate surface area is 196 Å². The van der Waals surface area contributed by atoms with Crippen LogP contribution < -0.4 is 5.32 Å². The van der Waals surface area contributed by atoms with Gasteiger partial charge in [-0.1, -0.05) is 75.4 Å². The van der Waals surface area contributed by atoms with E-state index in [1.165, 1.54) is 9.87 Å². The van der Waals surface area contributed by atoms with Crippen LogP contribution in [0.2, 0.25) is 0 Å². The predicted octanol–water partition coefficient (Wildman–Crippen LogP) is 5.00. The number of carbonyl (C=O) groups is 1. The lowest BCUT2D eigenvalue weighted by atomic mass is 9.87. The van der Waals surface area contributed by atoms with Crippen molar-refractivity contribution < 1.29 is 13.2 Å². The van der Waals surface area contributed by atoms with E-state index < -0.39 is 16.1 Å². The average molecular weight is 465 g/mol. The molecule has 0 aromatic heterocycles. The van der Waals surface area contributed by atoms with Gasteiger partial charge in [-0.25, -0.2) is 8.42 Å². The van der Waals surface area contributed by atoms with Crippen LogP contribution >= 0.6 is 0 Å². The van der Waals surface area contributed by atoms with Gasteiger partial charge in [-0.05, 0) is 58.7 Å². The van der Waals surface area contributed by atoms with Gasteiger partial charge in [-0.2, -0.15) is 4.31 Å². The highest BCUT2D eigenvalue weighted by molar-refractivity contribution is 7.89. The maximum absolute atomic E-state index is 13.9. The average Bonchev–Trinajstić information content (AvgIpc) is 3.01. The minimum absolute atomic E-state index is 0.0105. The van der Waals surface area contributed by atoms with E-state index in [4.69, 9.17) is 0 Å². The second-order valence-corrected chi connectivity index (χ2v) is 11.7. The SMILES string of the molecule is CC(C)(C)c1ccc(CN(C2CCCCNC2=O)S(=O)(=O)c2ccc3ccccc3c2)cc1. The molecule has 3 aromatic carbocycles. The van der Waals surface area contributed by atoms with Crippen LogP contribution in [-0.2, 0) is 26.8 Å². The third-order valence-electron chi connectivity index (χ3n) is 6.34. The molecule has 33 heavy (non-hydrogen) atoms. The van der Waals surface area contributed by atoms with Gasteiger partial charge in [0.25, 0.3) is 0 Å². The summed E-state index contributed by atoms with van der Waals surface area (Å²) in [6.07, 6.45) is 2.17. The topological polar surface area (TPSA) is 66.5 Å². The molecular formula is C27H32N2O3S. The van der Waals surface area contributed by atoms with E-state index in [9.17, 15) is 13.2 Å². The van der Waals surface area contributed by atoms with E-state index in [1.807, 2.05) is 54.6 Å². The minimum atomic E-state index is -3.91. The van der Waals surface area contributed by atoms with Crippen molar-refractivity contribution in [3.63, 3.8) is 0 Å². The molecule has 5 nitrogen and oxygen atoms in total. The normalized spacial score (nSPS) is 17.7. The van der Waals surface area contributed by atoms with Gasteiger partial charge in [0, 0.05) is 13.1 Å². The van der Waals surface area contributed by atoms with Crippen molar-refractivity contribution in [2.24, 2.45) is 0 Å². The third kappa shape index (κ3) is 5.12. The summed E-state index contributed by atoms with van der Waals surface area (Å²) in [4.78, 5) is 13.1. The molecule has 1 saturated heterocycles. The third-order valence-corrected chi connectivity index (χ3v) is 8.19. The number of hydrogen-bond donors (Lipinski definition) is 1. The Hall–Kier alpha value is -2.70. The molecule has 4 rings (SSSR count). The van der Waals surface area contributed by atoms with Gasteiger partial charge in [0.1, 0.15) is 6.04 Å². The van der Waals surface area contributed by atoms with Crippen molar-refractivity contribution in [3.05, 3.63) is 77.9 Å². The first-order valence-electron chi connectivity index (χ1n) is 11.5. The van der Waals surface area contributed by atoms with Gasteiger partial charge in [-0.15, -0.1) is 0 Å². The fourth-order valence-corrected chi connectivity index (χ4v) is 5.96. The summed E-state index contributed by atoms with van der Waals surface area (Å²) in [5.41, 5.74) is 2.06. The van der Waals surface area contributed by atoms with Crippen LogP contribution in [0.3, 0.4) is 0 Å². The smallest absolute Gasteiger partial charge is 0.244 e. The van der Waals surface area contributed by atoms with Crippen LogP contribution in [0.1, 0.15) is 51.2 Å². The number of carbonyl (C=O) groups excluding carboxylic acids is 1. The second kappa shape index (κ2) is 9.27. The maximum atomic E-state index is 13.9. The van der Waals surface area contributed by atoms with E-state index in [2.05, 4.69) is 26.1 Å². The lowest BCUT2D eigenvalue weighted by molar-refractivity contribution is -0.124. The number of benzene rings is 3. The molecule has 1 aliphatic heterocycles. The molecule has 1 aliphatic rings. The van der Waals surface area contributed by atoms with Crippen molar-refractivity contribution in [3.8, 4) is 0 Å². The number of sulfonamides is 1. The van der Waals surface area contributed by atoms with Gasteiger partial charge in [0.2, 0.25) is 15.9 Å². The number of rotatable bonds is 5. The number of amides is 1. The summed E-state index contributed by atoms with van der Waals surface area (Å²) in [6.45, 7) is 7.17. The molecular weight excluding hydrogens is 432 g/mol. The zero-order chi connectivity index (χ0) is 23.6. The summed E-state index contributed by atoms with van der Waals surface area (Å²) < 4.78 is 29.2. The fraction of sp³-hybridized carbons (Fsp3) is 0.370. The number of nitrogens with one attached hydrogen (secondary N) is 1. The van der Waals surface area contributed by atoms with Gasteiger partial charge in [0.15, 0.2) is 0 Å². The van der Waals surface area contributed by atoms with Crippen molar-refractivity contribution in [2.45, 2.75) is 62.9 Å². The highest BCUT2D eigenvalue weighted by Crippen LogP contribution is 2.28. The molecule has 0 saturated carbocycles. The Balaban J connectivity index is 1.74. The van der Waals surface area contributed by atoms with Gasteiger partial charge >= 0.3 is 0 Å². The molecule has 174 valence electrons. The molecule has 1 fully saturated rings. The van der Waals surface area contributed by atoms with E-state index in [1.54, 1.807) is 12.1 Å². The van der Waals surface area contributed by atoms with Crippen LogP contribution in [0, 0.1) is 0 Å². The summed E-state index contributed by atoms with van der Waals surface area (Å²) >= 11 is 0. The Morgan fingerprint density at radius 2 is 1.64 bits per heavy atom. The largest absolute Gasteiger partial charge is 0.355 e. The molecule has 1 atom stereocenters. The van der Waals surface area contributed by atoms with Crippen LogP contribution in [0.5, 0.6) is 0 Å². The first-order chi connectivity index (χ1) is 15.7. The summed E-state index contributed by atoms with van der Waals surface area (Å²) in [7, 11) is -3.91. The lowest BCUT2D eigenvalue weighted by Crippen LogP contribution is -2.48. The van der Waals surface area contributed by atoms with Crippen LogP contribution in [-0.4, -0.2) is 31.2 Å². The quantitative estimate of drug-likeness (QED) is 0.578. The van der Waals surface area contributed by atoms with E-state index in [0.717, 1.165) is 29.2 Å². The fourth-order valence-electron chi connectivity index (χ4n) is 4.31. The Morgan fingerprint density at radius 3 is 2.33 bits per heavy atom. The second-order valence-electron chi connectivity index (χ2n) is 9.81. The lowest BCUT2D eigenvalue weighted by Gasteiger charge is -2.29. The molecule has 0 aliphatic carbocycles. The monoisotopic (exact) mass is 464 g/mol. The molecule has 0 bridgehead atoms. The first kappa shape index (κ1) is 23.5. The van der Waals surface area contributed by atoms with Gasteiger partial charge in [-0.3, -0.25) is 4.79 Å². The zero-order valence-electron chi connectivity index (χ0n) is 19.5. The van der Waals surface area contributed by atoms with E-state index in [-0.39, 0.29) is 22.8 Å². The molecule has 6 heteroatoms. The molecule has 0 radical (unpaired) electrons. The molecule has 1 unspecified atom stereocenters. The summed E-state index contributed by atoms with van der Waals surface area (Å²) in [5, 5.41) is 4.74. The van der Waals surface area contributed by atoms with Crippen molar-refractivity contribution in [1.29, 1.82) is 0 Å². The van der Waals surface area contributed by atoms with Crippen LogP contribution in [0.4, 0.5) is 0 Å². The molecule has 3 aromatic rings. The number of nitrogens with zero attached hydrogens (tertiary/aromatic N) is 1. The van der Waals surface area contributed by atoms with Crippen LogP contribution in [0.25, 0.3) is 10.8 Å². The Bertz CT molecular complexity index is 1240. The maximum Gasteiger partial charge on any atom is 0.244 e. The molecule has 1 amide bonds. The molecule has 1 N–H and O–H groups in total. The number of fused-ring (bicyclic) bond motifs is 1. The van der Waals surface area contributed by atoms with Crippen molar-refractivity contribution in [2.75, 3.05) is 6.54 Å². The van der Waals surface area contributed by atoms with E-state index >= 15 is 0 Å².